The van der Waals surface area contributed by atoms with Gasteiger partial charge in [0.25, 0.3) is 0 Å². The van der Waals surface area contributed by atoms with Crippen molar-refractivity contribution in [3.05, 3.63) is 72.6 Å². The minimum absolute atomic E-state index is 0.305. The number of anilines is 3. The maximum atomic E-state index is 13.6. The standard InChI is InChI=1S/C22H20FN7/c1-13(15-5-6-15)26-20-12-16(9-10-24-20)27-22-19-4-3-11-30(19)29-21(28-22)18-8-7-17(23)14(2)25-18/h3-4,7-12,15H,1,5-6H2,2H3,(H2,24,26,27,28,29). The Morgan fingerprint density at radius 1 is 1.20 bits per heavy atom. The van der Waals surface area contributed by atoms with Crippen LogP contribution in [0.2, 0.25) is 0 Å². The molecule has 0 aliphatic heterocycles. The SMILES string of the molecule is C=C(Nc1cc(Nc2nc(-c3ccc(F)c(C)n3)nn3cccc23)ccn1)C1CC1. The molecule has 0 amide bonds. The number of pyridine rings is 2. The zero-order chi connectivity index (χ0) is 20.7. The van der Waals surface area contributed by atoms with Gasteiger partial charge in [0, 0.05) is 29.8 Å². The summed E-state index contributed by atoms with van der Waals surface area (Å²) in [5.74, 6) is 1.93. The fraction of sp³-hybridized carbons (Fsp3) is 0.182. The van der Waals surface area contributed by atoms with Crippen LogP contribution in [0.5, 0.6) is 0 Å². The van der Waals surface area contributed by atoms with E-state index < -0.39 is 0 Å². The lowest BCUT2D eigenvalue weighted by Gasteiger charge is -2.12. The van der Waals surface area contributed by atoms with E-state index in [9.17, 15) is 4.39 Å². The molecular formula is C22H20FN7. The summed E-state index contributed by atoms with van der Waals surface area (Å²) < 4.78 is 15.4. The van der Waals surface area contributed by atoms with Gasteiger partial charge >= 0.3 is 0 Å². The average Bonchev–Trinajstić information content (AvgIpc) is 3.48. The molecule has 5 rings (SSSR count). The van der Waals surface area contributed by atoms with Crippen molar-refractivity contribution < 1.29 is 4.39 Å². The Morgan fingerprint density at radius 2 is 2.07 bits per heavy atom. The summed E-state index contributed by atoms with van der Waals surface area (Å²) in [6.45, 7) is 5.71. The highest BCUT2D eigenvalue weighted by molar-refractivity contribution is 5.75. The van der Waals surface area contributed by atoms with Crippen LogP contribution >= 0.6 is 0 Å². The molecule has 2 N–H and O–H groups in total. The van der Waals surface area contributed by atoms with E-state index >= 15 is 0 Å². The molecular weight excluding hydrogens is 381 g/mol. The summed E-state index contributed by atoms with van der Waals surface area (Å²) in [6, 6.07) is 10.5. The average molecular weight is 401 g/mol. The number of aromatic nitrogens is 5. The lowest BCUT2D eigenvalue weighted by molar-refractivity contribution is 0.610. The molecule has 4 aromatic rings. The highest BCUT2D eigenvalue weighted by Gasteiger charge is 2.24. The summed E-state index contributed by atoms with van der Waals surface area (Å²) in [7, 11) is 0. The monoisotopic (exact) mass is 401 g/mol. The molecule has 30 heavy (non-hydrogen) atoms. The first-order valence-electron chi connectivity index (χ1n) is 9.74. The van der Waals surface area contributed by atoms with E-state index in [0.29, 0.717) is 28.9 Å². The molecule has 7 nitrogen and oxygen atoms in total. The Hall–Kier alpha value is -3.81. The maximum absolute atomic E-state index is 13.6. The highest BCUT2D eigenvalue weighted by Crippen LogP contribution is 2.35. The Balaban J connectivity index is 1.49. The van der Waals surface area contributed by atoms with Crippen LogP contribution in [0.3, 0.4) is 0 Å². The second-order valence-electron chi connectivity index (χ2n) is 7.37. The lowest BCUT2D eigenvalue weighted by Crippen LogP contribution is -2.05. The van der Waals surface area contributed by atoms with E-state index in [4.69, 9.17) is 0 Å². The fourth-order valence-electron chi connectivity index (χ4n) is 3.22. The van der Waals surface area contributed by atoms with Crippen molar-refractivity contribution in [3.8, 4) is 11.5 Å². The molecule has 8 heteroatoms. The van der Waals surface area contributed by atoms with Crippen LogP contribution < -0.4 is 10.6 Å². The summed E-state index contributed by atoms with van der Waals surface area (Å²) >= 11 is 0. The van der Waals surface area contributed by atoms with Crippen molar-refractivity contribution >= 4 is 22.8 Å². The quantitative estimate of drug-likeness (QED) is 0.487. The third kappa shape index (κ3) is 3.59. The molecule has 4 aromatic heterocycles. The van der Waals surface area contributed by atoms with Gasteiger partial charge in [-0.3, -0.25) is 0 Å². The van der Waals surface area contributed by atoms with Crippen molar-refractivity contribution in [1.82, 2.24) is 24.6 Å². The molecule has 150 valence electrons. The van der Waals surface area contributed by atoms with Gasteiger partial charge in [-0.1, -0.05) is 6.58 Å². The van der Waals surface area contributed by atoms with Crippen LogP contribution in [0.25, 0.3) is 17.0 Å². The number of allylic oxidation sites excluding steroid dienone is 1. The van der Waals surface area contributed by atoms with Crippen molar-refractivity contribution in [2.24, 2.45) is 5.92 Å². The third-order valence-electron chi connectivity index (χ3n) is 5.02. The van der Waals surface area contributed by atoms with Gasteiger partial charge in [0.2, 0.25) is 5.82 Å². The Kier molecular flexibility index (Phi) is 4.39. The number of rotatable bonds is 6. The van der Waals surface area contributed by atoms with Crippen molar-refractivity contribution in [2.75, 3.05) is 10.6 Å². The van der Waals surface area contributed by atoms with Crippen molar-refractivity contribution in [1.29, 1.82) is 0 Å². The molecule has 1 aliphatic carbocycles. The number of aryl methyl sites for hydroxylation is 1. The van der Waals surface area contributed by atoms with Gasteiger partial charge in [0.15, 0.2) is 5.82 Å². The highest BCUT2D eigenvalue weighted by atomic mass is 19.1. The van der Waals surface area contributed by atoms with E-state index in [-0.39, 0.29) is 5.82 Å². The van der Waals surface area contributed by atoms with Crippen molar-refractivity contribution in [2.45, 2.75) is 19.8 Å². The molecule has 0 radical (unpaired) electrons. The number of nitrogens with zero attached hydrogens (tertiary/aromatic N) is 5. The molecule has 4 heterocycles. The minimum atomic E-state index is -0.358. The Bertz CT molecular complexity index is 1260. The van der Waals surface area contributed by atoms with Gasteiger partial charge in [-0.2, -0.15) is 0 Å². The Morgan fingerprint density at radius 3 is 2.87 bits per heavy atom. The van der Waals surface area contributed by atoms with Crippen LogP contribution in [-0.2, 0) is 0 Å². The van der Waals surface area contributed by atoms with E-state index in [0.717, 1.165) is 22.7 Å². The third-order valence-corrected chi connectivity index (χ3v) is 5.02. The summed E-state index contributed by atoms with van der Waals surface area (Å²) in [6.07, 6.45) is 5.92. The van der Waals surface area contributed by atoms with E-state index in [1.54, 1.807) is 23.7 Å². The van der Waals surface area contributed by atoms with Crippen LogP contribution in [0.15, 0.2) is 61.1 Å². The molecule has 0 atom stereocenters. The molecule has 1 aliphatic rings. The zero-order valence-corrected chi connectivity index (χ0v) is 16.4. The van der Waals surface area contributed by atoms with Gasteiger partial charge in [-0.05, 0) is 56.0 Å². The van der Waals surface area contributed by atoms with Crippen LogP contribution in [-0.4, -0.2) is 24.6 Å². The lowest BCUT2D eigenvalue weighted by atomic mass is 10.3. The second kappa shape index (κ2) is 7.22. The normalized spacial score (nSPS) is 13.4. The van der Waals surface area contributed by atoms with Crippen molar-refractivity contribution in [3.63, 3.8) is 0 Å². The van der Waals surface area contributed by atoms with Gasteiger partial charge < -0.3 is 10.6 Å². The fourth-order valence-corrected chi connectivity index (χ4v) is 3.22. The predicted molar refractivity (Wildman–Crippen MR) is 114 cm³/mol. The first kappa shape index (κ1) is 18.2. The molecule has 0 spiro atoms. The molecule has 0 saturated heterocycles. The first-order valence-corrected chi connectivity index (χ1v) is 9.74. The predicted octanol–water partition coefficient (Wildman–Crippen LogP) is 4.71. The topological polar surface area (TPSA) is 80.0 Å². The first-order chi connectivity index (χ1) is 14.6. The maximum Gasteiger partial charge on any atom is 0.200 e. The van der Waals surface area contributed by atoms with E-state index in [1.165, 1.54) is 18.9 Å². The molecule has 0 unspecified atom stereocenters. The molecule has 0 aromatic carbocycles. The zero-order valence-electron chi connectivity index (χ0n) is 16.4. The summed E-state index contributed by atoms with van der Waals surface area (Å²) in [5, 5.41) is 11.1. The summed E-state index contributed by atoms with van der Waals surface area (Å²) in [4.78, 5) is 13.3. The van der Waals surface area contributed by atoms with Gasteiger partial charge in [-0.25, -0.2) is 23.9 Å². The summed E-state index contributed by atoms with van der Waals surface area (Å²) in [5.41, 5.74) is 3.44. The number of halogens is 1. The Labute approximate surface area is 172 Å². The van der Waals surface area contributed by atoms with E-state index in [2.05, 4.69) is 37.3 Å². The smallest absolute Gasteiger partial charge is 0.200 e. The minimum Gasteiger partial charge on any atom is -0.344 e. The van der Waals surface area contributed by atoms with Crippen LogP contribution in [0.1, 0.15) is 18.5 Å². The largest absolute Gasteiger partial charge is 0.344 e. The van der Waals surface area contributed by atoms with Crippen LogP contribution in [0, 0.1) is 18.7 Å². The van der Waals surface area contributed by atoms with Crippen LogP contribution in [0.4, 0.5) is 21.7 Å². The molecule has 0 bridgehead atoms. The van der Waals surface area contributed by atoms with Gasteiger partial charge in [0.1, 0.15) is 22.8 Å². The number of hydrogen-bond donors (Lipinski definition) is 2. The number of fused-ring (bicyclic) bond motifs is 1. The molecule has 1 fully saturated rings. The van der Waals surface area contributed by atoms with E-state index in [1.807, 2.05) is 30.5 Å². The molecule has 1 saturated carbocycles. The number of nitrogens with one attached hydrogen (secondary N) is 2. The van der Waals surface area contributed by atoms with Gasteiger partial charge in [-0.15, -0.1) is 5.10 Å². The second-order valence-corrected chi connectivity index (χ2v) is 7.37. The van der Waals surface area contributed by atoms with Gasteiger partial charge in [0.05, 0.1) is 5.69 Å². The number of hydrogen-bond acceptors (Lipinski definition) is 6.